The van der Waals surface area contributed by atoms with Crippen LogP contribution in [0.4, 0.5) is 10.5 Å². The summed E-state index contributed by atoms with van der Waals surface area (Å²) >= 11 is 6.03. The van der Waals surface area contributed by atoms with Crippen molar-refractivity contribution in [3.8, 4) is 17.2 Å². The van der Waals surface area contributed by atoms with E-state index in [9.17, 15) is 4.79 Å². The van der Waals surface area contributed by atoms with E-state index in [1.807, 2.05) is 30.3 Å². The minimum absolute atomic E-state index is 0.355. The Hall–Kier alpha value is -2.60. The standard InChI is InChI=1S/C17H19ClN2O4/c1-22-15-11-14(16(23-2)10-13(15)18)20-17(21)19-8-9-24-12-6-4-3-5-7-12/h3-7,10-11H,8-9H2,1-2H3,(H2,19,20,21). The van der Waals surface area contributed by atoms with Gasteiger partial charge >= 0.3 is 6.03 Å². The molecule has 0 aromatic heterocycles. The molecule has 0 heterocycles. The number of hydrogen-bond acceptors (Lipinski definition) is 4. The summed E-state index contributed by atoms with van der Waals surface area (Å²) in [6.07, 6.45) is 0. The predicted molar refractivity (Wildman–Crippen MR) is 93.5 cm³/mol. The monoisotopic (exact) mass is 350 g/mol. The van der Waals surface area contributed by atoms with Crippen LogP contribution in [0.1, 0.15) is 0 Å². The number of hydrogen-bond donors (Lipinski definition) is 2. The van der Waals surface area contributed by atoms with E-state index in [0.717, 1.165) is 5.75 Å². The molecule has 2 amide bonds. The molecule has 0 saturated heterocycles. The van der Waals surface area contributed by atoms with Crippen molar-refractivity contribution in [1.29, 1.82) is 0 Å². The SMILES string of the molecule is COc1cc(NC(=O)NCCOc2ccccc2)c(OC)cc1Cl. The number of urea groups is 1. The van der Waals surface area contributed by atoms with E-state index < -0.39 is 0 Å². The minimum atomic E-state index is -0.380. The Balaban J connectivity index is 1.85. The fourth-order valence-electron chi connectivity index (χ4n) is 1.97. The third-order valence-electron chi connectivity index (χ3n) is 3.12. The minimum Gasteiger partial charge on any atom is -0.495 e. The number of amides is 2. The van der Waals surface area contributed by atoms with E-state index in [1.165, 1.54) is 14.2 Å². The van der Waals surface area contributed by atoms with Gasteiger partial charge in [0.1, 0.15) is 23.9 Å². The Bertz CT molecular complexity index is 680. The number of rotatable bonds is 7. The second-order valence-electron chi connectivity index (χ2n) is 4.73. The van der Waals surface area contributed by atoms with Crippen LogP contribution in [0.2, 0.25) is 5.02 Å². The largest absolute Gasteiger partial charge is 0.495 e. The van der Waals surface area contributed by atoms with Gasteiger partial charge in [0.05, 0.1) is 31.5 Å². The van der Waals surface area contributed by atoms with E-state index in [-0.39, 0.29) is 6.03 Å². The van der Waals surface area contributed by atoms with Gasteiger partial charge in [-0.1, -0.05) is 29.8 Å². The molecule has 0 atom stereocenters. The first-order valence-corrected chi connectivity index (χ1v) is 7.66. The zero-order valence-corrected chi connectivity index (χ0v) is 14.2. The van der Waals surface area contributed by atoms with Gasteiger partial charge in [0.2, 0.25) is 0 Å². The van der Waals surface area contributed by atoms with Gasteiger partial charge in [-0.05, 0) is 12.1 Å². The molecular formula is C17H19ClN2O4. The molecule has 2 N–H and O–H groups in total. The highest BCUT2D eigenvalue weighted by atomic mass is 35.5. The maximum Gasteiger partial charge on any atom is 0.319 e. The third-order valence-corrected chi connectivity index (χ3v) is 3.42. The highest BCUT2D eigenvalue weighted by Gasteiger charge is 2.12. The Kier molecular flexibility index (Phi) is 6.57. The van der Waals surface area contributed by atoms with Gasteiger partial charge in [-0.25, -0.2) is 4.79 Å². The summed E-state index contributed by atoms with van der Waals surface area (Å²) in [7, 11) is 2.99. The predicted octanol–water partition coefficient (Wildman–Crippen LogP) is 3.56. The van der Waals surface area contributed by atoms with Crippen LogP contribution in [0, 0.1) is 0 Å². The quantitative estimate of drug-likeness (QED) is 0.749. The lowest BCUT2D eigenvalue weighted by molar-refractivity contribution is 0.247. The van der Waals surface area contributed by atoms with Crippen LogP contribution in [0.5, 0.6) is 17.2 Å². The van der Waals surface area contributed by atoms with Crippen molar-refractivity contribution >= 4 is 23.3 Å². The number of ether oxygens (including phenoxy) is 3. The summed E-state index contributed by atoms with van der Waals surface area (Å²) in [6.45, 7) is 0.715. The fourth-order valence-corrected chi connectivity index (χ4v) is 2.21. The van der Waals surface area contributed by atoms with Gasteiger partial charge in [0.15, 0.2) is 0 Å². The number of benzene rings is 2. The highest BCUT2D eigenvalue weighted by molar-refractivity contribution is 6.32. The fraction of sp³-hybridized carbons (Fsp3) is 0.235. The van der Waals surface area contributed by atoms with Crippen molar-refractivity contribution in [2.24, 2.45) is 0 Å². The topological polar surface area (TPSA) is 68.8 Å². The molecule has 6 nitrogen and oxygen atoms in total. The van der Waals surface area contributed by atoms with Gasteiger partial charge in [-0.2, -0.15) is 0 Å². The molecule has 0 aliphatic heterocycles. The Labute approximate surface area is 145 Å². The molecule has 2 aromatic carbocycles. The van der Waals surface area contributed by atoms with Gasteiger partial charge in [-0.15, -0.1) is 0 Å². The van der Waals surface area contributed by atoms with E-state index >= 15 is 0 Å². The van der Waals surface area contributed by atoms with Crippen LogP contribution in [0.25, 0.3) is 0 Å². The zero-order valence-electron chi connectivity index (χ0n) is 13.5. The first kappa shape index (κ1) is 17.7. The zero-order chi connectivity index (χ0) is 17.4. The maximum atomic E-state index is 12.0. The number of para-hydroxylation sites is 1. The molecule has 0 saturated carbocycles. The molecule has 0 radical (unpaired) electrons. The molecule has 0 spiro atoms. The molecule has 0 fully saturated rings. The van der Waals surface area contributed by atoms with Crippen LogP contribution < -0.4 is 24.8 Å². The number of nitrogens with one attached hydrogen (secondary N) is 2. The van der Waals surface area contributed by atoms with Crippen LogP contribution in [-0.2, 0) is 0 Å². The Morgan fingerprint density at radius 2 is 1.79 bits per heavy atom. The van der Waals surface area contributed by atoms with Crippen molar-refractivity contribution in [2.75, 3.05) is 32.7 Å². The maximum absolute atomic E-state index is 12.0. The molecule has 2 aromatic rings. The lowest BCUT2D eigenvalue weighted by Crippen LogP contribution is -2.32. The second-order valence-corrected chi connectivity index (χ2v) is 5.14. The van der Waals surface area contributed by atoms with Gasteiger partial charge < -0.3 is 24.8 Å². The van der Waals surface area contributed by atoms with Crippen LogP contribution in [0.3, 0.4) is 0 Å². The summed E-state index contributed by atoms with van der Waals surface area (Å²) in [5.41, 5.74) is 0.459. The summed E-state index contributed by atoms with van der Waals surface area (Å²) < 4.78 is 15.8. The van der Waals surface area contributed by atoms with Crippen molar-refractivity contribution < 1.29 is 19.0 Å². The number of carbonyl (C=O) groups is 1. The van der Waals surface area contributed by atoms with E-state index in [0.29, 0.717) is 35.4 Å². The number of anilines is 1. The van der Waals surface area contributed by atoms with Gasteiger partial charge in [-0.3, -0.25) is 0 Å². The van der Waals surface area contributed by atoms with Gasteiger partial charge in [0, 0.05) is 12.1 Å². The number of methoxy groups -OCH3 is 2. The normalized spacial score (nSPS) is 9.96. The molecule has 0 aliphatic carbocycles. The molecular weight excluding hydrogens is 332 g/mol. The van der Waals surface area contributed by atoms with Crippen LogP contribution in [-0.4, -0.2) is 33.4 Å². The first-order chi connectivity index (χ1) is 11.6. The first-order valence-electron chi connectivity index (χ1n) is 7.28. The van der Waals surface area contributed by atoms with Crippen molar-refractivity contribution in [3.05, 3.63) is 47.5 Å². The average Bonchev–Trinajstić information content (AvgIpc) is 2.60. The molecule has 0 aliphatic rings. The summed E-state index contributed by atoms with van der Waals surface area (Å²) in [5.74, 6) is 1.64. The molecule has 0 bridgehead atoms. The molecule has 128 valence electrons. The van der Waals surface area contributed by atoms with E-state index in [1.54, 1.807) is 12.1 Å². The van der Waals surface area contributed by atoms with Crippen LogP contribution >= 0.6 is 11.6 Å². The molecule has 0 unspecified atom stereocenters. The lowest BCUT2D eigenvalue weighted by Gasteiger charge is -2.14. The third kappa shape index (κ3) is 4.96. The lowest BCUT2D eigenvalue weighted by atomic mass is 10.2. The molecule has 2 rings (SSSR count). The summed E-state index contributed by atoms with van der Waals surface area (Å²) in [4.78, 5) is 12.0. The number of carbonyl (C=O) groups excluding carboxylic acids is 1. The van der Waals surface area contributed by atoms with Crippen molar-refractivity contribution in [3.63, 3.8) is 0 Å². The Morgan fingerprint density at radius 1 is 1.08 bits per heavy atom. The number of halogens is 1. The summed E-state index contributed by atoms with van der Waals surface area (Å²) in [5, 5.41) is 5.79. The van der Waals surface area contributed by atoms with E-state index in [4.69, 9.17) is 25.8 Å². The van der Waals surface area contributed by atoms with Crippen molar-refractivity contribution in [1.82, 2.24) is 5.32 Å². The Morgan fingerprint density at radius 3 is 2.46 bits per heavy atom. The summed E-state index contributed by atoms with van der Waals surface area (Å²) in [6, 6.07) is 12.2. The molecule has 24 heavy (non-hydrogen) atoms. The smallest absolute Gasteiger partial charge is 0.319 e. The van der Waals surface area contributed by atoms with E-state index in [2.05, 4.69) is 10.6 Å². The second kappa shape index (κ2) is 8.88. The van der Waals surface area contributed by atoms with Gasteiger partial charge in [0.25, 0.3) is 0 Å². The molecule has 7 heteroatoms. The average molecular weight is 351 g/mol. The van der Waals surface area contributed by atoms with Crippen molar-refractivity contribution in [2.45, 2.75) is 0 Å². The highest BCUT2D eigenvalue weighted by Crippen LogP contribution is 2.35. The van der Waals surface area contributed by atoms with Crippen LogP contribution in [0.15, 0.2) is 42.5 Å².